The van der Waals surface area contributed by atoms with Crippen LogP contribution in [0.4, 0.5) is 13.2 Å². The van der Waals surface area contributed by atoms with Gasteiger partial charge in [0.05, 0.1) is 17.9 Å². The highest BCUT2D eigenvalue weighted by molar-refractivity contribution is 7.88. The van der Waals surface area contributed by atoms with Crippen molar-refractivity contribution in [1.29, 1.82) is 0 Å². The van der Waals surface area contributed by atoms with Crippen molar-refractivity contribution in [1.82, 2.24) is 9.21 Å². The Morgan fingerprint density at radius 3 is 2.45 bits per heavy atom. The van der Waals surface area contributed by atoms with Crippen molar-refractivity contribution in [2.75, 3.05) is 39.0 Å². The van der Waals surface area contributed by atoms with Crippen molar-refractivity contribution in [2.45, 2.75) is 38.1 Å². The topological polar surface area (TPSA) is 49.9 Å². The van der Waals surface area contributed by atoms with Gasteiger partial charge in [-0.1, -0.05) is 55.5 Å². The molecular formula is C24H31F3N2O3S. The molecular weight excluding hydrogens is 453 g/mol. The van der Waals surface area contributed by atoms with E-state index in [4.69, 9.17) is 4.74 Å². The number of rotatable bonds is 11. The summed E-state index contributed by atoms with van der Waals surface area (Å²) < 4.78 is 69.4. The summed E-state index contributed by atoms with van der Waals surface area (Å²) in [6.45, 7) is 5.10. The molecule has 0 N–H and O–H groups in total. The van der Waals surface area contributed by atoms with Crippen molar-refractivity contribution >= 4 is 10.0 Å². The number of alkyl halides is 3. The molecule has 1 aliphatic heterocycles. The van der Waals surface area contributed by atoms with Crippen LogP contribution in [0.25, 0.3) is 0 Å². The quantitative estimate of drug-likeness (QED) is 0.445. The van der Waals surface area contributed by atoms with Crippen molar-refractivity contribution < 1.29 is 26.3 Å². The second-order valence-corrected chi connectivity index (χ2v) is 10.7. The summed E-state index contributed by atoms with van der Waals surface area (Å²) in [6, 6.07) is 15.5. The average Bonchev–Trinajstić information content (AvgIpc) is 2.71. The van der Waals surface area contributed by atoms with E-state index in [1.807, 2.05) is 18.2 Å². The molecule has 9 heteroatoms. The van der Waals surface area contributed by atoms with Crippen LogP contribution in [0.2, 0.25) is 0 Å². The van der Waals surface area contributed by atoms with Gasteiger partial charge in [-0.2, -0.15) is 17.5 Å². The molecule has 1 aliphatic rings. The fourth-order valence-corrected chi connectivity index (χ4v) is 4.80. The highest BCUT2D eigenvalue weighted by Gasteiger charge is 2.33. The van der Waals surface area contributed by atoms with Gasteiger partial charge in [0.15, 0.2) is 0 Å². The molecule has 33 heavy (non-hydrogen) atoms. The van der Waals surface area contributed by atoms with Gasteiger partial charge in [-0.25, -0.2) is 8.42 Å². The number of benzene rings is 2. The number of halogens is 3. The van der Waals surface area contributed by atoms with Crippen LogP contribution < -0.4 is 0 Å². The summed E-state index contributed by atoms with van der Waals surface area (Å²) in [5.74, 6) is 0.216. The number of hydrogen-bond acceptors (Lipinski definition) is 4. The lowest BCUT2D eigenvalue weighted by molar-refractivity contribution is -0.137. The van der Waals surface area contributed by atoms with Crippen LogP contribution in [0.1, 0.15) is 36.0 Å². The van der Waals surface area contributed by atoms with Crippen molar-refractivity contribution in [3.8, 4) is 0 Å². The Morgan fingerprint density at radius 2 is 1.82 bits per heavy atom. The number of sulfonamides is 1. The first-order chi connectivity index (χ1) is 15.5. The number of hydrogen-bond donors (Lipinski definition) is 0. The standard InChI is InChI=1S/C24H31F3N2O3S/c1-19(21-9-4-3-5-10-21)15-28(16-20-8-6-11-22(14-20)24(25,26)27)12-7-13-32-23-17-29(18-23)33(2,30)31/h3-6,8-11,14,19,23H,7,12-13,15-18H2,1-2H3. The minimum Gasteiger partial charge on any atom is -0.375 e. The molecule has 1 unspecified atom stereocenters. The van der Waals surface area contributed by atoms with E-state index in [1.165, 1.54) is 28.3 Å². The Hall–Kier alpha value is -1.94. The molecule has 0 aromatic heterocycles. The van der Waals surface area contributed by atoms with E-state index in [9.17, 15) is 21.6 Å². The summed E-state index contributed by atoms with van der Waals surface area (Å²) in [5, 5.41) is 0. The molecule has 0 spiro atoms. The Kier molecular flexibility index (Phi) is 8.55. The summed E-state index contributed by atoms with van der Waals surface area (Å²) in [6.07, 6.45) is -2.58. The summed E-state index contributed by atoms with van der Waals surface area (Å²) in [4.78, 5) is 2.15. The van der Waals surface area contributed by atoms with Crippen molar-refractivity contribution in [2.24, 2.45) is 0 Å². The van der Waals surface area contributed by atoms with Crippen LogP contribution in [0.5, 0.6) is 0 Å². The van der Waals surface area contributed by atoms with E-state index in [2.05, 4.69) is 24.0 Å². The third-order valence-electron chi connectivity index (χ3n) is 5.82. The van der Waals surface area contributed by atoms with E-state index >= 15 is 0 Å². The predicted molar refractivity (Wildman–Crippen MR) is 122 cm³/mol. The molecule has 1 heterocycles. The number of ether oxygens (including phenoxy) is 1. The molecule has 1 saturated heterocycles. The highest BCUT2D eigenvalue weighted by atomic mass is 32.2. The van der Waals surface area contributed by atoms with Crippen molar-refractivity contribution in [3.05, 3.63) is 71.3 Å². The summed E-state index contributed by atoms with van der Waals surface area (Å²) in [7, 11) is -3.17. The molecule has 2 aromatic carbocycles. The summed E-state index contributed by atoms with van der Waals surface area (Å²) in [5.41, 5.74) is 1.16. The first-order valence-electron chi connectivity index (χ1n) is 11.0. The highest BCUT2D eigenvalue weighted by Crippen LogP contribution is 2.30. The Bertz CT molecular complexity index is 994. The molecule has 182 valence electrons. The lowest BCUT2D eigenvalue weighted by atomic mass is 10.00. The van der Waals surface area contributed by atoms with E-state index < -0.39 is 21.8 Å². The number of nitrogens with zero attached hydrogens (tertiary/aromatic N) is 2. The van der Waals surface area contributed by atoms with Crippen LogP contribution in [-0.4, -0.2) is 62.8 Å². The van der Waals surface area contributed by atoms with Crippen molar-refractivity contribution in [3.63, 3.8) is 0 Å². The Labute approximate surface area is 194 Å². The lowest BCUT2D eigenvalue weighted by Gasteiger charge is -2.37. The van der Waals surface area contributed by atoms with Crippen LogP contribution in [0.3, 0.4) is 0 Å². The first kappa shape index (κ1) is 25.7. The zero-order valence-corrected chi connectivity index (χ0v) is 19.8. The fourth-order valence-electron chi connectivity index (χ4n) is 3.93. The Balaban J connectivity index is 1.57. The molecule has 0 saturated carbocycles. The van der Waals surface area contributed by atoms with E-state index in [-0.39, 0.29) is 12.0 Å². The SMILES string of the molecule is CC(CN(CCCOC1CN(S(C)(=O)=O)C1)Cc1cccc(C(F)(F)F)c1)c1ccccc1. The minimum absolute atomic E-state index is 0.0973. The third kappa shape index (κ3) is 7.81. The van der Waals surface area contributed by atoms with Crippen LogP contribution in [0.15, 0.2) is 54.6 Å². The molecule has 3 rings (SSSR count). The van der Waals surface area contributed by atoms with E-state index in [1.54, 1.807) is 6.07 Å². The first-order valence-corrected chi connectivity index (χ1v) is 12.9. The van der Waals surface area contributed by atoms with Gasteiger partial charge in [0.2, 0.25) is 10.0 Å². The smallest absolute Gasteiger partial charge is 0.375 e. The van der Waals surface area contributed by atoms with Gasteiger partial charge >= 0.3 is 6.18 Å². The normalized spacial score (nSPS) is 16.7. The molecule has 1 fully saturated rings. The maximum absolute atomic E-state index is 13.1. The average molecular weight is 485 g/mol. The predicted octanol–water partition coefficient (Wildman–Crippen LogP) is 4.36. The second-order valence-electron chi connectivity index (χ2n) is 8.67. The maximum atomic E-state index is 13.1. The van der Waals surface area contributed by atoms with Crippen LogP contribution in [-0.2, 0) is 27.5 Å². The van der Waals surface area contributed by atoms with Gasteiger partial charge in [-0.05, 0) is 29.5 Å². The zero-order chi connectivity index (χ0) is 24.1. The molecule has 0 aliphatic carbocycles. The van der Waals surface area contributed by atoms with Crippen LogP contribution in [0, 0.1) is 0 Å². The molecule has 5 nitrogen and oxygen atoms in total. The third-order valence-corrected chi connectivity index (χ3v) is 7.05. The van der Waals surface area contributed by atoms with Gasteiger partial charge in [0, 0.05) is 39.3 Å². The zero-order valence-electron chi connectivity index (χ0n) is 19.0. The minimum atomic E-state index is -4.37. The molecule has 0 amide bonds. The molecule has 0 radical (unpaired) electrons. The van der Waals surface area contributed by atoms with Gasteiger partial charge < -0.3 is 4.74 Å². The molecule has 2 aromatic rings. The molecule has 1 atom stereocenters. The molecule has 0 bridgehead atoms. The maximum Gasteiger partial charge on any atom is 0.416 e. The summed E-state index contributed by atoms with van der Waals surface area (Å²) >= 11 is 0. The largest absolute Gasteiger partial charge is 0.416 e. The van der Waals surface area contributed by atoms with Gasteiger partial charge in [-0.15, -0.1) is 0 Å². The lowest BCUT2D eigenvalue weighted by Crippen LogP contribution is -2.54. The fraction of sp³-hybridized carbons (Fsp3) is 0.500. The Morgan fingerprint density at radius 1 is 1.12 bits per heavy atom. The van der Waals surface area contributed by atoms with E-state index in [0.29, 0.717) is 51.3 Å². The van der Waals surface area contributed by atoms with Crippen LogP contribution >= 0.6 is 0 Å². The monoisotopic (exact) mass is 484 g/mol. The van der Waals surface area contributed by atoms with Gasteiger partial charge in [0.1, 0.15) is 0 Å². The van der Waals surface area contributed by atoms with Gasteiger partial charge in [0.25, 0.3) is 0 Å². The van der Waals surface area contributed by atoms with Gasteiger partial charge in [-0.3, -0.25) is 4.90 Å². The van der Waals surface area contributed by atoms with E-state index in [0.717, 1.165) is 6.07 Å². The second kappa shape index (κ2) is 11.0.